The molecule has 3 aromatic carbocycles. The molecule has 0 N–H and O–H groups in total. The number of hydrogen-bond acceptors (Lipinski definition) is 10. The van der Waals surface area contributed by atoms with Crippen molar-refractivity contribution >= 4 is 24.2 Å². The van der Waals surface area contributed by atoms with Gasteiger partial charge in [-0.05, 0) is 71.5 Å². The number of hydrogen-bond donors (Lipinski definition) is 0. The minimum atomic E-state index is -1.01. The summed E-state index contributed by atoms with van der Waals surface area (Å²) >= 11 is 0. The average Bonchev–Trinajstić information content (AvgIpc) is 2.94. The van der Waals surface area contributed by atoms with Crippen molar-refractivity contribution in [2.75, 3.05) is 13.6 Å². The van der Waals surface area contributed by atoms with Gasteiger partial charge in [-0.2, -0.15) is 0 Å². The van der Waals surface area contributed by atoms with E-state index in [4.69, 9.17) is 9.47 Å². The van der Waals surface area contributed by atoms with Gasteiger partial charge in [0.1, 0.15) is 11.5 Å². The second-order valence-electron chi connectivity index (χ2n) is 8.09. The van der Waals surface area contributed by atoms with Gasteiger partial charge in [-0.15, -0.1) is 0 Å². The first kappa shape index (κ1) is 29.2. The van der Waals surface area contributed by atoms with Gasteiger partial charge in [-0.3, -0.25) is 0 Å². The molecule has 40 heavy (non-hydrogen) atoms. The maximum Gasteiger partial charge on any atom is 0.516 e. The highest BCUT2D eigenvalue weighted by molar-refractivity contribution is 5.81. The lowest BCUT2D eigenvalue weighted by atomic mass is 9.92. The molecular weight excluding hydrogens is 520 g/mol. The Bertz CT molecular complexity index is 1300. The monoisotopic (exact) mass is 546 g/mol. The molecule has 0 aliphatic rings. The molecule has 3 rings (SSSR count). The van der Waals surface area contributed by atoms with Crippen molar-refractivity contribution in [3.63, 3.8) is 0 Å². The lowest BCUT2D eigenvalue weighted by Crippen LogP contribution is -2.14. The smallest absolute Gasteiger partial charge is 0.425 e. The zero-order valence-electron chi connectivity index (χ0n) is 21.8. The quantitative estimate of drug-likeness (QED) is 0.129. The van der Waals surface area contributed by atoms with E-state index in [1.165, 1.54) is 0 Å². The molecule has 0 saturated carbocycles. The van der Waals surface area contributed by atoms with Crippen LogP contribution in [0.5, 0.6) is 11.5 Å². The topological polar surface area (TPSA) is 124 Å². The van der Waals surface area contributed by atoms with Crippen LogP contribution in [0.4, 0.5) is 9.59 Å². The molecule has 3 aromatic rings. The van der Waals surface area contributed by atoms with Crippen molar-refractivity contribution < 1.29 is 47.6 Å². The van der Waals surface area contributed by atoms with Crippen LogP contribution in [-0.4, -0.2) is 37.8 Å². The standard InChI is InChI=1S/C30H26O10/c1-5-27(31)35-17-37-29(33)39-23-11-7-21(8-12-23)25-15-20(4)26(16-19(25)3)22-9-13-24(14-10-22)40-30(34)38-18-36-28(32)6-2/h5-16H,1-2,17-18H2,3-4H3. The highest BCUT2D eigenvalue weighted by Crippen LogP contribution is 2.33. The Morgan fingerprint density at radius 2 is 0.950 bits per heavy atom. The Morgan fingerprint density at radius 3 is 1.27 bits per heavy atom. The normalized spacial score (nSPS) is 10.1. The summed E-state index contributed by atoms with van der Waals surface area (Å²) in [4.78, 5) is 45.4. The molecule has 0 aliphatic heterocycles. The van der Waals surface area contributed by atoms with Gasteiger partial charge in [0, 0.05) is 12.2 Å². The number of ether oxygens (including phenoxy) is 6. The molecule has 0 aromatic heterocycles. The summed E-state index contributed by atoms with van der Waals surface area (Å²) in [6.45, 7) is 9.28. The average molecular weight is 547 g/mol. The maximum atomic E-state index is 11.7. The Hall–Kier alpha value is -5.38. The minimum Gasteiger partial charge on any atom is -0.425 e. The molecule has 0 bridgehead atoms. The first-order valence-corrected chi connectivity index (χ1v) is 11.8. The van der Waals surface area contributed by atoms with Gasteiger partial charge >= 0.3 is 24.2 Å². The van der Waals surface area contributed by atoms with Gasteiger partial charge in [0.2, 0.25) is 13.6 Å². The van der Waals surface area contributed by atoms with Crippen molar-refractivity contribution in [2.45, 2.75) is 13.8 Å². The highest BCUT2D eigenvalue weighted by atomic mass is 16.8. The van der Waals surface area contributed by atoms with Gasteiger partial charge in [0.15, 0.2) is 0 Å². The van der Waals surface area contributed by atoms with Gasteiger partial charge in [0.25, 0.3) is 0 Å². The summed E-state index contributed by atoms with van der Waals surface area (Å²) < 4.78 is 28.6. The van der Waals surface area contributed by atoms with Gasteiger partial charge in [-0.1, -0.05) is 49.6 Å². The predicted octanol–water partition coefficient (Wildman–Crippen LogP) is 6.04. The van der Waals surface area contributed by atoms with E-state index < -0.39 is 37.8 Å². The van der Waals surface area contributed by atoms with E-state index in [1.54, 1.807) is 24.3 Å². The van der Waals surface area contributed by atoms with E-state index in [-0.39, 0.29) is 11.5 Å². The zero-order valence-corrected chi connectivity index (χ0v) is 21.8. The summed E-state index contributed by atoms with van der Waals surface area (Å²) in [6, 6.07) is 17.9. The number of carbonyl (C=O) groups excluding carboxylic acids is 4. The molecule has 0 heterocycles. The van der Waals surface area contributed by atoms with Crippen molar-refractivity contribution in [3.8, 4) is 33.8 Å². The van der Waals surface area contributed by atoms with Crippen LogP contribution in [0.2, 0.25) is 0 Å². The van der Waals surface area contributed by atoms with E-state index in [2.05, 4.69) is 44.2 Å². The molecule has 0 spiro atoms. The minimum absolute atomic E-state index is 0.263. The van der Waals surface area contributed by atoms with E-state index in [0.717, 1.165) is 45.5 Å². The third-order valence-corrected chi connectivity index (χ3v) is 5.39. The SMILES string of the molecule is C=CC(=O)OCOC(=O)Oc1ccc(-c2cc(C)c(-c3ccc(OC(=O)OCOC(=O)C=C)cc3)cc2C)cc1. The largest absolute Gasteiger partial charge is 0.516 e. The zero-order chi connectivity index (χ0) is 29.1. The van der Waals surface area contributed by atoms with Crippen molar-refractivity contribution in [1.29, 1.82) is 0 Å². The van der Waals surface area contributed by atoms with Crippen LogP contribution < -0.4 is 9.47 Å². The van der Waals surface area contributed by atoms with Crippen molar-refractivity contribution in [1.82, 2.24) is 0 Å². The fourth-order valence-corrected chi connectivity index (χ4v) is 3.48. The predicted molar refractivity (Wildman–Crippen MR) is 143 cm³/mol. The molecule has 0 unspecified atom stereocenters. The second-order valence-corrected chi connectivity index (χ2v) is 8.09. The number of carbonyl (C=O) groups is 4. The fourth-order valence-electron chi connectivity index (χ4n) is 3.48. The lowest BCUT2D eigenvalue weighted by molar-refractivity contribution is -0.147. The summed E-state index contributed by atoms with van der Waals surface area (Å²) in [6.07, 6.45) is -0.121. The van der Waals surface area contributed by atoms with E-state index in [1.807, 2.05) is 38.1 Å². The summed E-state index contributed by atoms with van der Waals surface area (Å²) in [5.41, 5.74) is 5.83. The number of benzene rings is 3. The van der Waals surface area contributed by atoms with E-state index in [0.29, 0.717) is 0 Å². The molecular formula is C30H26O10. The van der Waals surface area contributed by atoms with Crippen LogP contribution in [0.15, 0.2) is 86.0 Å². The summed E-state index contributed by atoms with van der Waals surface area (Å²) in [5, 5.41) is 0. The maximum absolute atomic E-state index is 11.7. The van der Waals surface area contributed by atoms with Gasteiger partial charge < -0.3 is 28.4 Å². The molecule has 0 radical (unpaired) electrons. The molecule has 0 saturated heterocycles. The van der Waals surface area contributed by atoms with Crippen molar-refractivity contribution in [3.05, 3.63) is 97.1 Å². The molecule has 10 nitrogen and oxygen atoms in total. The van der Waals surface area contributed by atoms with E-state index in [9.17, 15) is 19.2 Å². The van der Waals surface area contributed by atoms with Gasteiger partial charge in [-0.25, -0.2) is 19.2 Å². The first-order chi connectivity index (χ1) is 19.2. The lowest BCUT2D eigenvalue weighted by Gasteiger charge is -2.14. The summed E-state index contributed by atoms with van der Waals surface area (Å²) in [7, 11) is 0. The van der Waals surface area contributed by atoms with Crippen LogP contribution in [0.1, 0.15) is 11.1 Å². The third kappa shape index (κ3) is 8.32. The molecule has 0 atom stereocenters. The Kier molecular flexibility index (Phi) is 10.2. The molecule has 0 fully saturated rings. The Morgan fingerprint density at radius 1 is 0.600 bits per heavy atom. The third-order valence-electron chi connectivity index (χ3n) is 5.39. The van der Waals surface area contributed by atoms with E-state index >= 15 is 0 Å². The van der Waals surface area contributed by atoms with Crippen LogP contribution in [-0.2, 0) is 28.5 Å². The Balaban J connectivity index is 1.62. The van der Waals surface area contributed by atoms with Gasteiger partial charge in [0.05, 0.1) is 0 Å². The number of esters is 2. The van der Waals surface area contributed by atoms with Crippen LogP contribution >= 0.6 is 0 Å². The van der Waals surface area contributed by atoms with Crippen LogP contribution in [0.25, 0.3) is 22.3 Å². The molecule has 0 amide bonds. The molecule has 206 valence electrons. The highest BCUT2D eigenvalue weighted by Gasteiger charge is 2.12. The number of rotatable bonds is 10. The first-order valence-electron chi connectivity index (χ1n) is 11.8. The van der Waals surface area contributed by atoms with Crippen LogP contribution in [0, 0.1) is 13.8 Å². The fraction of sp³-hybridized carbons (Fsp3) is 0.133. The second kappa shape index (κ2) is 14.0. The van der Waals surface area contributed by atoms with Crippen LogP contribution in [0.3, 0.4) is 0 Å². The summed E-state index contributed by atoms with van der Waals surface area (Å²) in [5.74, 6) is -0.912. The number of aryl methyl sites for hydroxylation is 2. The molecule has 10 heteroatoms. The Labute approximate surface area is 230 Å². The van der Waals surface area contributed by atoms with Crippen molar-refractivity contribution in [2.24, 2.45) is 0 Å². The molecule has 0 aliphatic carbocycles.